The van der Waals surface area contributed by atoms with Crippen molar-refractivity contribution in [2.24, 2.45) is 0 Å². The molecule has 0 spiro atoms. The second-order valence-corrected chi connectivity index (χ2v) is 8.70. The molecule has 126 valence electrons. The number of halogens is 1. The SMILES string of the molecule is Cc1cccc(CSc2nc(N[C@H](C)CO)c3sc(Br)nc3n2)c1. The van der Waals surface area contributed by atoms with E-state index in [1.807, 2.05) is 6.92 Å². The number of anilines is 1. The lowest BCUT2D eigenvalue weighted by Crippen LogP contribution is -2.20. The Kier molecular flexibility index (Phi) is 5.70. The number of thioether (sulfide) groups is 1. The van der Waals surface area contributed by atoms with Gasteiger partial charge in [0.2, 0.25) is 0 Å². The van der Waals surface area contributed by atoms with Gasteiger partial charge in [0.25, 0.3) is 0 Å². The highest BCUT2D eigenvalue weighted by Crippen LogP contribution is 2.32. The zero-order chi connectivity index (χ0) is 17.1. The first-order valence-electron chi connectivity index (χ1n) is 7.45. The number of nitrogens with zero attached hydrogens (tertiary/aromatic N) is 3. The summed E-state index contributed by atoms with van der Waals surface area (Å²) in [5, 5.41) is 13.2. The number of aromatic nitrogens is 3. The van der Waals surface area contributed by atoms with E-state index in [1.54, 1.807) is 11.8 Å². The van der Waals surface area contributed by atoms with E-state index in [-0.39, 0.29) is 12.6 Å². The molecule has 0 amide bonds. The third-order valence-corrected chi connectivity index (χ3v) is 5.74. The fourth-order valence-corrected chi connectivity index (χ4v) is 4.29. The van der Waals surface area contributed by atoms with Crippen LogP contribution in [0.25, 0.3) is 10.3 Å². The number of fused-ring (bicyclic) bond motifs is 1. The van der Waals surface area contributed by atoms with Gasteiger partial charge in [-0.15, -0.1) is 11.3 Å². The molecule has 3 aromatic rings. The highest BCUT2D eigenvalue weighted by molar-refractivity contribution is 9.11. The molecular weight excluding hydrogens is 408 g/mol. The largest absolute Gasteiger partial charge is 0.394 e. The van der Waals surface area contributed by atoms with E-state index in [0.29, 0.717) is 10.8 Å². The summed E-state index contributed by atoms with van der Waals surface area (Å²) in [5.41, 5.74) is 3.15. The molecule has 0 unspecified atom stereocenters. The van der Waals surface area contributed by atoms with Crippen LogP contribution in [0.3, 0.4) is 0 Å². The van der Waals surface area contributed by atoms with Gasteiger partial charge >= 0.3 is 0 Å². The molecule has 3 rings (SSSR count). The van der Waals surface area contributed by atoms with Gasteiger partial charge in [0.05, 0.1) is 6.61 Å². The molecule has 2 heterocycles. The predicted octanol–water partition coefficient (Wildman–Crippen LogP) is 4.24. The number of nitrogens with one attached hydrogen (secondary N) is 1. The Bertz CT molecular complexity index is 855. The normalized spacial score (nSPS) is 12.5. The molecule has 0 aliphatic heterocycles. The Morgan fingerprint density at radius 1 is 1.33 bits per heavy atom. The van der Waals surface area contributed by atoms with Crippen LogP contribution in [0.5, 0.6) is 0 Å². The molecule has 1 atom stereocenters. The minimum atomic E-state index is -0.0846. The fraction of sp³-hybridized carbons (Fsp3) is 0.312. The smallest absolute Gasteiger partial charge is 0.191 e. The topological polar surface area (TPSA) is 70.9 Å². The number of hydrogen-bond acceptors (Lipinski definition) is 7. The van der Waals surface area contributed by atoms with Crippen molar-refractivity contribution in [3.8, 4) is 0 Å². The third kappa shape index (κ3) is 4.24. The maximum atomic E-state index is 9.29. The Labute approximate surface area is 157 Å². The first-order valence-corrected chi connectivity index (χ1v) is 10.0. The van der Waals surface area contributed by atoms with Crippen molar-refractivity contribution in [3.05, 3.63) is 39.3 Å². The summed E-state index contributed by atoms with van der Waals surface area (Å²) >= 11 is 6.47. The molecule has 0 radical (unpaired) electrons. The zero-order valence-electron chi connectivity index (χ0n) is 13.3. The molecule has 5 nitrogen and oxygen atoms in total. The summed E-state index contributed by atoms with van der Waals surface area (Å²) in [6.07, 6.45) is 0. The zero-order valence-corrected chi connectivity index (χ0v) is 16.5. The van der Waals surface area contributed by atoms with Crippen LogP contribution in [-0.4, -0.2) is 32.7 Å². The van der Waals surface area contributed by atoms with Crippen molar-refractivity contribution < 1.29 is 5.11 Å². The lowest BCUT2D eigenvalue weighted by atomic mass is 10.2. The van der Waals surface area contributed by atoms with Crippen molar-refractivity contribution >= 4 is 55.2 Å². The van der Waals surface area contributed by atoms with Gasteiger partial charge in [-0.25, -0.2) is 15.0 Å². The number of benzene rings is 1. The summed E-state index contributed by atoms with van der Waals surface area (Å²) in [4.78, 5) is 13.6. The Balaban J connectivity index is 1.87. The van der Waals surface area contributed by atoms with Crippen LogP contribution in [0.15, 0.2) is 33.3 Å². The third-order valence-electron chi connectivity index (χ3n) is 3.31. The molecule has 0 aliphatic carbocycles. The lowest BCUT2D eigenvalue weighted by molar-refractivity contribution is 0.281. The summed E-state index contributed by atoms with van der Waals surface area (Å²) in [6.45, 7) is 4.03. The second kappa shape index (κ2) is 7.77. The average Bonchev–Trinajstić information content (AvgIpc) is 2.93. The van der Waals surface area contributed by atoms with Crippen molar-refractivity contribution in [3.63, 3.8) is 0 Å². The van der Waals surface area contributed by atoms with Crippen molar-refractivity contribution in [2.75, 3.05) is 11.9 Å². The van der Waals surface area contributed by atoms with E-state index < -0.39 is 0 Å². The predicted molar refractivity (Wildman–Crippen MR) is 104 cm³/mol. The molecule has 0 saturated carbocycles. The first kappa shape index (κ1) is 17.6. The Hall–Kier alpha value is -1.22. The van der Waals surface area contributed by atoms with Crippen molar-refractivity contribution in [2.45, 2.75) is 30.8 Å². The summed E-state index contributed by atoms with van der Waals surface area (Å²) in [5.74, 6) is 1.52. The number of rotatable bonds is 6. The maximum absolute atomic E-state index is 9.29. The van der Waals surface area contributed by atoms with E-state index in [2.05, 4.69) is 67.4 Å². The molecule has 0 fully saturated rings. The molecule has 2 N–H and O–H groups in total. The van der Waals surface area contributed by atoms with E-state index in [9.17, 15) is 5.11 Å². The molecule has 0 bridgehead atoms. The molecule has 0 saturated heterocycles. The van der Waals surface area contributed by atoms with Gasteiger partial charge in [0, 0.05) is 11.8 Å². The van der Waals surface area contributed by atoms with Crippen LogP contribution in [0.4, 0.5) is 5.82 Å². The van der Waals surface area contributed by atoms with Crippen LogP contribution in [0, 0.1) is 6.92 Å². The number of aryl methyl sites for hydroxylation is 1. The molecule has 1 aromatic carbocycles. The van der Waals surface area contributed by atoms with Crippen LogP contribution >= 0.6 is 39.0 Å². The van der Waals surface area contributed by atoms with Gasteiger partial charge in [-0.3, -0.25) is 0 Å². The molecule has 24 heavy (non-hydrogen) atoms. The molecule has 8 heteroatoms. The van der Waals surface area contributed by atoms with Crippen molar-refractivity contribution in [1.29, 1.82) is 0 Å². The molecular formula is C16H17BrN4OS2. The minimum absolute atomic E-state index is 0.0389. The highest BCUT2D eigenvalue weighted by Gasteiger charge is 2.14. The van der Waals surface area contributed by atoms with Crippen LogP contribution < -0.4 is 5.32 Å². The van der Waals surface area contributed by atoms with Crippen molar-refractivity contribution in [1.82, 2.24) is 15.0 Å². The Morgan fingerprint density at radius 2 is 2.17 bits per heavy atom. The second-order valence-electron chi connectivity index (χ2n) is 5.48. The van der Waals surface area contributed by atoms with Gasteiger partial charge in [-0.05, 0) is 35.3 Å². The van der Waals surface area contributed by atoms with Gasteiger partial charge in [-0.1, -0.05) is 41.6 Å². The van der Waals surface area contributed by atoms with E-state index >= 15 is 0 Å². The fourth-order valence-electron chi connectivity index (χ4n) is 2.17. The molecule has 0 aliphatic rings. The van der Waals surface area contributed by atoms with Crippen LogP contribution in [0.1, 0.15) is 18.1 Å². The van der Waals surface area contributed by atoms with Crippen LogP contribution in [0.2, 0.25) is 0 Å². The summed E-state index contributed by atoms with van der Waals surface area (Å²) in [7, 11) is 0. The number of thiazole rings is 1. The first-order chi connectivity index (χ1) is 11.5. The van der Waals surface area contributed by atoms with Crippen LogP contribution in [-0.2, 0) is 5.75 Å². The Morgan fingerprint density at radius 3 is 2.92 bits per heavy atom. The summed E-state index contributed by atoms with van der Waals surface area (Å²) < 4.78 is 1.66. The quantitative estimate of drug-likeness (QED) is 0.455. The van der Waals surface area contributed by atoms with Gasteiger partial charge < -0.3 is 10.4 Å². The molecule has 2 aromatic heterocycles. The lowest BCUT2D eigenvalue weighted by Gasteiger charge is -2.12. The van der Waals surface area contributed by atoms with Gasteiger partial charge in [0.15, 0.2) is 20.5 Å². The number of aliphatic hydroxyl groups excluding tert-OH is 1. The van der Waals surface area contributed by atoms with Gasteiger partial charge in [0.1, 0.15) is 4.70 Å². The number of aliphatic hydroxyl groups is 1. The van der Waals surface area contributed by atoms with E-state index in [1.165, 1.54) is 22.5 Å². The van der Waals surface area contributed by atoms with E-state index in [4.69, 9.17) is 0 Å². The standard InChI is InChI=1S/C16H17BrN4OS2/c1-9-4-3-5-11(6-9)8-23-16-20-13(18-10(2)7-22)12-14(21-16)19-15(17)24-12/h3-6,10,22H,7-8H2,1-2H3,(H,18,20,21)/t10-/m1/s1. The number of hydrogen-bond donors (Lipinski definition) is 2. The maximum Gasteiger partial charge on any atom is 0.191 e. The minimum Gasteiger partial charge on any atom is -0.394 e. The average molecular weight is 425 g/mol. The van der Waals surface area contributed by atoms with Gasteiger partial charge in [-0.2, -0.15) is 0 Å². The monoisotopic (exact) mass is 424 g/mol. The summed E-state index contributed by atoms with van der Waals surface area (Å²) in [6, 6.07) is 8.33. The highest BCUT2D eigenvalue weighted by atomic mass is 79.9. The van der Waals surface area contributed by atoms with E-state index in [0.717, 1.165) is 20.2 Å².